The predicted octanol–water partition coefficient (Wildman–Crippen LogP) is 3.08. The van der Waals surface area contributed by atoms with Gasteiger partial charge in [0.2, 0.25) is 5.95 Å². The number of hydrogen-bond donors (Lipinski definition) is 2. The summed E-state index contributed by atoms with van der Waals surface area (Å²) in [6.07, 6.45) is 2.89. The molecule has 1 aromatic heterocycles. The molecule has 0 unspecified atom stereocenters. The topological polar surface area (TPSA) is 66.9 Å². The van der Waals surface area contributed by atoms with Crippen LogP contribution in [-0.2, 0) is 0 Å². The lowest BCUT2D eigenvalue weighted by Crippen LogP contribution is -2.27. The van der Waals surface area contributed by atoms with Crippen molar-refractivity contribution in [3.8, 4) is 0 Å². The van der Waals surface area contributed by atoms with Crippen LogP contribution in [0.3, 0.4) is 0 Å². The normalized spacial score (nSPS) is 11.0. The van der Waals surface area contributed by atoms with Gasteiger partial charge in [-0.3, -0.25) is 4.79 Å². The van der Waals surface area contributed by atoms with Crippen molar-refractivity contribution in [1.29, 1.82) is 0 Å². The summed E-state index contributed by atoms with van der Waals surface area (Å²) in [5.74, 6) is -0.237. The van der Waals surface area contributed by atoms with Gasteiger partial charge in [0, 0.05) is 23.6 Å². The molecule has 0 aliphatic heterocycles. The molecular weight excluding hydrogens is 271 g/mol. The maximum absolute atomic E-state index is 12.8. The van der Waals surface area contributed by atoms with E-state index in [-0.39, 0.29) is 17.3 Å². The molecule has 2 aromatic rings. The van der Waals surface area contributed by atoms with Crippen molar-refractivity contribution in [3.05, 3.63) is 48.0 Å². The number of benzene rings is 1. The summed E-state index contributed by atoms with van der Waals surface area (Å²) >= 11 is 0. The maximum Gasteiger partial charge on any atom is 0.258 e. The number of rotatable bonds is 3. The standard InChI is InChI=1S/C15H17FN4O/c1-15(2,3)20-14-17-8-10(9-18-14)13(21)19-12-6-4-11(16)5-7-12/h4-9H,1-3H3,(H,19,21)(H,17,18,20). The molecule has 1 amide bonds. The van der Waals surface area contributed by atoms with E-state index >= 15 is 0 Å². The van der Waals surface area contributed by atoms with Crippen LogP contribution in [0.25, 0.3) is 0 Å². The lowest BCUT2D eigenvalue weighted by molar-refractivity contribution is 0.102. The second-order valence-electron chi connectivity index (χ2n) is 5.63. The van der Waals surface area contributed by atoms with Gasteiger partial charge in [-0.05, 0) is 45.0 Å². The van der Waals surface area contributed by atoms with E-state index in [9.17, 15) is 9.18 Å². The minimum atomic E-state index is -0.353. The monoisotopic (exact) mass is 288 g/mol. The molecule has 2 N–H and O–H groups in total. The van der Waals surface area contributed by atoms with Crippen LogP contribution in [-0.4, -0.2) is 21.4 Å². The van der Waals surface area contributed by atoms with Gasteiger partial charge in [-0.25, -0.2) is 14.4 Å². The van der Waals surface area contributed by atoms with Gasteiger partial charge in [0.25, 0.3) is 5.91 Å². The van der Waals surface area contributed by atoms with Crippen molar-refractivity contribution in [1.82, 2.24) is 9.97 Å². The van der Waals surface area contributed by atoms with Gasteiger partial charge in [0.05, 0.1) is 5.56 Å². The number of carbonyl (C=O) groups excluding carboxylic acids is 1. The Kier molecular flexibility index (Phi) is 4.16. The summed E-state index contributed by atoms with van der Waals surface area (Å²) in [4.78, 5) is 20.2. The number of nitrogens with one attached hydrogen (secondary N) is 2. The van der Waals surface area contributed by atoms with Gasteiger partial charge in [-0.1, -0.05) is 0 Å². The first-order valence-corrected chi connectivity index (χ1v) is 6.51. The summed E-state index contributed by atoms with van der Waals surface area (Å²) in [5.41, 5.74) is 0.690. The first-order valence-electron chi connectivity index (χ1n) is 6.51. The highest BCUT2D eigenvalue weighted by Gasteiger charge is 2.12. The fraction of sp³-hybridized carbons (Fsp3) is 0.267. The second kappa shape index (κ2) is 5.87. The lowest BCUT2D eigenvalue weighted by atomic mass is 10.1. The second-order valence-corrected chi connectivity index (χ2v) is 5.63. The van der Waals surface area contributed by atoms with E-state index in [1.54, 1.807) is 0 Å². The van der Waals surface area contributed by atoms with Crippen molar-refractivity contribution < 1.29 is 9.18 Å². The molecule has 21 heavy (non-hydrogen) atoms. The summed E-state index contributed by atoms with van der Waals surface area (Å²) < 4.78 is 12.8. The molecule has 1 heterocycles. The molecule has 6 heteroatoms. The minimum absolute atomic E-state index is 0.155. The van der Waals surface area contributed by atoms with Crippen LogP contribution in [0.4, 0.5) is 16.0 Å². The van der Waals surface area contributed by atoms with E-state index < -0.39 is 0 Å². The van der Waals surface area contributed by atoms with Crippen molar-refractivity contribution >= 4 is 17.5 Å². The predicted molar refractivity (Wildman–Crippen MR) is 79.8 cm³/mol. The molecule has 0 aliphatic rings. The van der Waals surface area contributed by atoms with Gasteiger partial charge in [0.1, 0.15) is 5.82 Å². The number of hydrogen-bond acceptors (Lipinski definition) is 4. The first-order chi connectivity index (χ1) is 9.83. The third-order valence-corrected chi connectivity index (χ3v) is 2.50. The smallest absolute Gasteiger partial charge is 0.258 e. The zero-order valence-corrected chi connectivity index (χ0v) is 12.1. The molecular formula is C15H17FN4O. The van der Waals surface area contributed by atoms with Crippen LogP contribution in [0, 0.1) is 5.82 Å². The third-order valence-electron chi connectivity index (χ3n) is 2.50. The molecule has 0 saturated carbocycles. The molecule has 0 atom stereocenters. The average molecular weight is 288 g/mol. The Hall–Kier alpha value is -2.50. The van der Waals surface area contributed by atoms with Gasteiger partial charge >= 0.3 is 0 Å². The Morgan fingerprint density at radius 3 is 2.19 bits per heavy atom. The highest BCUT2D eigenvalue weighted by molar-refractivity contribution is 6.03. The van der Waals surface area contributed by atoms with E-state index in [1.165, 1.54) is 36.7 Å². The number of halogens is 1. The molecule has 0 spiro atoms. The van der Waals surface area contributed by atoms with Crippen LogP contribution >= 0.6 is 0 Å². The molecule has 0 radical (unpaired) electrons. The SMILES string of the molecule is CC(C)(C)Nc1ncc(C(=O)Nc2ccc(F)cc2)cn1. The number of amides is 1. The lowest BCUT2D eigenvalue weighted by Gasteiger charge is -2.20. The molecule has 0 aliphatic carbocycles. The van der Waals surface area contributed by atoms with Crippen LogP contribution < -0.4 is 10.6 Å². The zero-order valence-electron chi connectivity index (χ0n) is 12.1. The van der Waals surface area contributed by atoms with E-state index in [1.807, 2.05) is 20.8 Å². The van der Waals surface area contributed by atoms with E-state index in [2.05, 4.69) is 20.6 Å². The fourth-order valence-electron chi connectivity index (χ4n) is 1.58. The molecule has 110 valence electrons. The van der Waals surface area contributed by atoms with Gasteiger partial charge in [-0.2, -0.15) is 0 Å². The van der Waals surface area contributed by atoms with Crippen molar-refractivity contribution in [3.63, 3.8) is 0 Å². The van der Waals surface area contributed by atoms with E-state index in [4.69, 9.17) is 0 Å². The van der Waals surface area contributed by atoms with Crippen molar-refractivity contribution in [2.45, 2.75) is 26.3 Å². The van der Waals surface area contributed by atoms with Crippen LogP contribution in [0.5, 0.6) is 0 Å². The highest BCUT2D eigenvalue weighted by Crippen LogP contribution is 2.12. The van der Waals surface area contributed by atoms with Crippen molar-refractivity contribution in [2.24, 2.45) is 0 Å². The summed E-state index contributed by atoms with van der Waals surface area (Å²) in [7, 11) is 0. The molecule has 5 nitrogen and oxygen atoms in total. The fourth-order valence-corrected chi connectivity index (χ4v) is 1.58. The third kappa shape index (κ3) is 4.52. The zero-order chi connectivity index (χ0) is 15.5. The molecule has 1 aromatic carbocycles. The number of nitrogens with zero attached hydrogens (tertiary/aromatic N) is 2. The quantitative estimate of drug-likeness (QED) is 0.911. The van der Waals surface area contributed by atoms with E-state index in [0.717, 1.165) is 0 Å². The summed E-state index contributed by atoms with van der Waals surface area (Å²) in [5, 5.41) is 5.75. The molecule has 0 saturated heterocycles. The number of carbonyl (C=O) groups is 1. The Labute approximate surface area is 122 Å². The summed E-state index contributed by atoms with van der Waals surface area (Å²) in [6, 6.07) is 5.54. The first kappa shape index (κ1) is 14.9. The van der Waals surface area contributed by atoms with E-state index in [0.29, 0.717) is 17.2 Å². The highest BCUT2D eigenvalue weighted by atomic mass is 19.1. The minimum Gasteiger partial charge on any atom is -0.350 e. The molecule has 0 fully saturated rings. The van der Waals surface area contributed by atoms with Crippen LogP contribution in [0.1, 0.15) is 31.1 Å². The van der Waals surface area contributed by atoms with Gasteiger partial charge in [0.15, 0.2) is 0 Å². The van der Waals surface area contributed by atoms with Gasteiger partial charge in [-0.15, -0.1) is 0 Å². The molecule has 2 rings (SSSR count). The van der Waals surface area contributed by atoms with Crippen LogP contribution in [0.15, 0.2) is 36.7 Å². The van der Waals surface area contributed by atoms with Crippen LogP contribution in [0.2, 0.25) is 0 Å². The van der Waals surface area contributed by atoms with Crippen molar-refractivity contribution in [2.75, 3.05) is 10.6 Å². The number of aromatic nitrogens is 2. The Balaban J connectivity index is 2.04. The maximum atomic E-state index is 12.8. The Morgan fingerprint density at radius 1 is 1.10 bits per heavy atom. The van der Waals surface area contributed by atoms with Gasteiger partial charge < -0.3 is 10.6 Å². The average Bonchev–Trinajstić information content (AvgIpc) is 2.40. The number of anilines is 2. The Bertz CT molecular complexity index is 618. The molecule has 0 bridgehead atoms. The largest absolute Gasteiger partial charge is 0.350 e. The summed E-state index contributed by atoms with van der Waals surface area (Å²) in [6.45, 7) is 5.97. The Morgan fingerprint density at radius 2 is 1.67 bits per heavy atom.